The Bertz CT molecular complexity index is 1030. The summed E-state index contributed by atoms with van der Waals surface area (Å²) < 4.78 is 5.49. The average molecular weight is 373 g/mol. The summed E-state index contributed by atoms with van der Waals surface area (Å²) in [5, 5.41) is 11.8. The number of amides is 1. The van der Waals surface area contributed by atoms with Crippen LogP contribution in [0.3, 0.4) is 0 Å². The third kappa shape index (κ3) is 3.34. The molecule has 3 aromatic rings. The maximum absolute atomic E-state index is 12.3. The monoisotopic (exact) mass is 373 g/mol. The molecule has 0 fully saturated rings. The summed E-state index contributed by atoms with van der Waals surface area (Å²) >= 11 is 0. The summed E-state index contributed by atoms with van der Waals surface area (Å²) in [5.74, 6) is -1.07. The van der Waals surface area contributed by atoms with Crippen LogP contribution >= 0.6 is 0 Å². The van der Waals surface area contributed by atoms with Gasteiger partial charge in [0.05, 0.1) is 5.56 Å². The van der Waals surface area contributed by atoms with Crippen molar-refractivity contribution in [1.82, 2.24) is 0 Å². The lowest BCUT2D eigenvalue weighted by atomic mass is 9.98. The van der Waals surface area contributed by atoms with Gasteiger partial charge in [-0.15, -0.1) is 0 Å². The average Bonchev–Trinajstić information content (AvgIpc) is 3.00. The van der Waals surface area contributed by atoms with E-state index >= 15 is 0 Å². The van der Waals surface area contributed by atoms with Crippen molar-refractivity contribution in [3.05, 3.63) is 89.0 Å². The van der Waals surface area contributed by atoms with Crippen LogP contribution in [0.25, 0.3) is 11.1 Å². The van der Waals surface area contributed by atoms with Gasteiger partial charge in [0.1, 0.15) is 6.61 Å². The molecule has 28 heavy (non-hydrogen) atoms. The number of carbonyl (C=O) groups is 2. The van der Waals surface area contributed by atoms with Gasteiger partial charge >= 0.3 is 12.1 Å². The molecular weight excluding hydrogens is 354 g/mol. The van der Waals surface area contributed by atoms with E-state index in [4.69, 9.17) is 9.84 Å². The van der Waals surface area contributed by atoms with Crippen molar-refractivity contribution in [1.29, 1.82) is 0 Å². The van der Waals surface area contributed by atoms with Crippen LogP contribution in [0.1, 0.15) is 33.0 Å². The summed E-state index contributed by atoms with van der Waals surface area (Å²) in [6.07, 6.45) is -0.608. The lowest BCUT2D eigenvalue weighted by molar-refractivity contribution is 0.0696. The molecular formula is C23H19NO4. The fraction of sp³-hybridized carbons (Fsp3) is 0.130. The zero-order chi connectivity index (χ0) is 19.7. The van der Waals surface area contributed by atoms with Crippen LogP contribution in [0, 0.1) is 6.92 Å². The number of hydrogen-bond donors (Lipinski definition) is 2. The topological polar surface area (TPSA) is 75.6 Å². The first-order valence-electron chi connectivity index (χ1n) is 9.00. The van der Waals surface area contributed by atoms with Crippen LogP contribution in [0.2, 0.25) is 0 Å². The number of hydrogen-bond acceptors (Lipinski definition) is 3. The minimum Gasteiger partial charge on any atom is -0.478 e. The third-order valence-corrected chi connectivity index (χ3v) is 4.91. The SMILES string of the molecule is Cc1cc(NC(=O)OCC2c3ccccc3-c3ccccc32)cc(C(=O)O)c1. The van der Waals surface area contributed by atoms with Crippen LogP contribution in [-0.4, -0.2) is 23.8 Å². The zero-order valence-corrected chi connectivity index (χ0v) is 15.3. The summed E-state index contributed by atoms with van der Waals surface area (Å²) in [6.45, 7) is 1.98. The fourth-order valence-electron chi connectivity index (χ4n) is 3.73. The first kappa shape index (κ1) is 17.8. The summed E-state index contributed by atoms with van der Waals surface area (Å²) in [6, 6.07) is 20.9. The Labute approximate surface area is 162 Å². The second-order valence-corrected chi connectivity index (χ2v) is 6.84. The quantitative estimate of drug-likeness (QED) is 0.671. The number of rotatable bonds is 4. The first-order valence-corrected chi connectivity index (χ1v) is 9.00. The van der Waals surface area contributed by atoms with E-state index in [-0.39, 0.29) is 18.1 Å². The lowest BCUT2D eigenvalue weighted by Crippen LogP contribution is -2.18. The van der Waals surface area contributed by atoms with Gasteiger partial charge in [0.2, 0.25) is 0 Å². The van der Waals surface area contributed by atoms with Crippen molar-refractivity contribution in [2.24, 2.45) is 0 Å². The Hall–Kier alpha value is -3.60. The number of anilines is 1. The van der Waals surface area contributed by atoms with Crippen LogP contribution in [0.15, 0.2) is 66.7 Å². The second kappa shape index (κ2) is 7.19. The number of aromatic carboxylic acids is 1. The summed E-state index contributed by atoms with van der Waals surface area (Å²) in [5.41, 5.74) is 5.87. The second-order valence-electron chi connectivity index (χ2n) is 6.84. The highest BCUT2D eigenvalue weighted by Gasteiger charge is 2.29. The van der Waals surface area contributed by atoms with Gasteiger partial charge in [-0.3, -0.25) is 5.32 Å². The number of nitrogens with one attached hydrogen (secondary N) is 1. The third-order valence-electron chi connectivity index (χ3n) is 4.91. The molecule has 0 saturated carbocycles. The standard InChI is InChI=1S/C23H19NO4/c1-14-10-15(22(25)26)12-16(11-14)24-23(27)28-13-21-19-8-4-2-6-17(19)18-7-3-5-9-20(18)21/h2-12,21H,13H2,1H3,(H,24,27)(H,25,26). The normalized spacial score (nSPS) is 12.2. The molecule has 1 aliphatic carbocycles. The van der Waals surface area contributed by atoms with Gasteiger partial charge in [0, 0.05) is 11.6 Å². The van der Waals surface area contributed by atoms with Gasteiger partial charge in [0.25, 0.3) is 0 Å². The van der Waals surface area contributed by atoms with E-state index < -0.39 is 12.1 Å². The smallest absolute Gasteiger partial charge is 0.411 e. The molecule has 0 spiro atoms. The largest absolute Gasteiger partial charge is 0.478 e. The molecule has 0 aromatic heterocycles. The molecule has 1 aliphatic rings. The highest BCUT2D eigenvalue weighted by Crippen LogP contribution is 2.44. The number of carboxylic acids is 1. The van der Waals surface area contributed by atoms with E-state index in [1.807, 2.05) is 24.3 Å². The van der Waals surface area contributed by atoms with Gasteiger partial charge in [-0.05, 0) is 52.9 Å². The molecule has 2 N–H and O–H groups in total. The Balaban J connectivity index is 1.49. The molecule has 1 amide bonds. The maximum Gasteiger partial charge on any atom is 0.411 e. The molecule has 4 rings (SSSR count). The van der Waals surface area contributed by atoms with Crippen molar-refractivity contribution in [2.75, 3.05) is 11.9 Å². The van der Waals surface area contributed by atoms with Crippen molar-refractivity contribution >= 4 is 17.7 Å². The number of carboxylic acid groups (broad SMARTS) is 1. The number of carbonyl (C=O) groups excluding carboxylic acids is 1. The van der Waals surface area contributed by atoms with E-state index in [1.54, 1.807) is 19.1 Å². The Morgan fingerprint density at radius 1 is 0.964 bits per heavy atom. The van der Waals surface area contributed by atoms with Gasteiger partial charge < -0.3 is 9.84 Å². The van der Waals surface area contributed by atoms with Gasteiger partial charge in [-0.2, -0.15) is 0 Å². The van der Waals surface area contributed by atoms with E-state index in [0.717, 1.165) is 27.8 Å². The molecule has 3 aromatic carbocycles. The van der Waals surface area contributed by atoms with E-state index in [0.29, 0.717) is 5.69 Å². The Kier molecular flexibility index (Phi) is 4.57. The molecule has 0 unspecified atom stereocenters. The number of fused-ring (bicyclic) bond motifs is 3. The molecule has 0 heterocycles. The highest BCUT2D eigenvalue weighted by molar-refractivity contribution is 5.92. The minimum absolute atomic E-state index is 0.0229. The molecule has 0 bridgehead atoms. The van der Waals surface area contributed by atoms with E-state index in [9.17, 15) is 9.59 Å². The van der Waals surface area contributed by atoms with Crippen LogP contribution in [0.4, 0.5) is 10.5 Å². The minimum atomic E-state index is -1.04. The van der Waals surface area contributed by atoms with Gasteiger partial charge in [0.15, 0.2) is 0 Å². The summed E-state index contributed by atoms with van der Waals surface area (Å²) in [7, 11) is 0. The number of aryl methyl sites for hydroxylation is 1. The Morgan fingerprint density at radius 3 is 2.18 bits per heavy atom. The molecule has 0 radical (unpaired) electrons. The highest BCUT2D eigenvalue weighted by atomic mass is 16.5. The van der Waals surface area contributed by atoms with E-state index in [1.165, 1.54) is 6.07 Å². The lowest BCUT2D eigenvalue weighted by Gasteiger charge is -2.15. The fourth-order valence-corrected chi connectivity index (χ4v) is 3.73. The van der Waals surface area contributed by atoms with Gasteiger partial charge in [-0.25, -0.2) is 9.59 Å². The van der Waals surface area contributed by atoms with Gasteiger partial charge in [-0.1, -0.05) is 48.5 Å². The van der Waals surface area contributed by atoms with Crippen molar-refractivity contribution in [3.8, 4) is 11.1 Å². The first-order chi connectivity index (χ1) is 13.5. The molecule has 5 nitrogen and oxygen atoms in total. The van der Waals surface area contributed by atoms with Crippen LogP contribution in [0.5, 0.6) is 0 Å². The number of benzene rings is 3. The predicted molar refractivity (Wildman–Crippen MR) is 107 cm³/mol. The summed E-state index contributed by atoms with van der Waals surface area (Å²) in [4.78, 5) is 23.5. The zero-order valence-electron chi connectivity index (χ0n) is 15.3. The Morgan fingerprint density at radius 2 is 1.57 bits per heavy atom. The maximum atomic E-state index is 12.3. The van der Waals surface area contributed by atoms with Crippen molar-refractivity contribution in [3.63, 3.8) is 0 Å². The van der Waals surface area contributed by atoms with Crippen LogP contribution < -0.4 is 5.32 Å². The predicted octanol–water partition coefficient (Wildman–Crippen LogP) is 5.05. The number of ether oxygens (including phenoxy) is 1. The molecule has 0 saturated heterocycles. The molecule has 0 aliphatic heterocycles. The van der Waals surface area contributed by atoms with Crippen molar-refractivity contribution in [2.45, 2.75) is 12.8 Å². The van der Waals surface area contributed by atoms with Crippen LogP contribution in [-0.2, 0) is 4.74 Å². The molecule has 5 heteroatoms. The van der Waals surface area contributed by atoms with E-state index in [2.05, 4.69) is 29.6 Å². The molecule has 0 atom stereocenters. The molecule has 140 valence electrons. The van der Waals surface area contributed by atoms with Crippen molar-refractivity contribution < 1.29 is 19.4 Å².